The summed E-state index contributed by atoms with van der Waals surface area (Å²) in [7, 11) is -2.52. The lowest BCUT2D eigenvalue weighted by molar-refractivity contribution is -0.143. The van der Waals surface area contributed by atoms with Gasteiger partial charge in [-0.15, -0.1) is 17.5 Å². The number of nitrogens with one attached hydrogen (secondary N) is 1. The number of rotatable bonds is 6. The average molecular weight is 669 g/mol. The van der Waals surface area contributed by atoms with Gasteiger partial charge >= 0.3 is 12.4 Å². The summed E-state index contributed by atoms with van der Waals surface area (Å²) in [6.07, 6.45) is -10.6. The van der Waals surface area contributed by atoms with Gasteiger partial charge in [-0.2, -0.15) is 30.6 Å². The standard InChI is InChI=1S/C24H28F8N6O3S.ClH/c1-15(33-20(39)17-4-3-16(23(27,28)29)13-18(17)24(30,31)32)21(5-7-22(25,26)8-6-21)37-9-11-38(12-10-37)42(40,41)19-14-36(2)35-34-19;/h3-4,13-15H,5-12H2,1-2H3,(H,33,39);1H. The highest BCUT2D eigenvalue weighted by Crippen LogP contribution is 2.44. The van der Waals surface area contributed by atoms with Gasteiger partial charge in [0.05, 0.1) is 22.9 Å². The number of sulfonamides is 1. The number of carbonyl (C=O) groups excluding carboxylic acids is 1. The first kappa shape index (κ1) is 34.9. The molecule has 0 spiro atoms. The Morgan fingerprint density at radius 1 is 0.977 bits per heavy atom. The molecule has 1 saturated heterocycles. The van der Waals surface area contributed by atoms with Crippen molar-refractivity contribution >= 4 is 28.3 Å². The molecule has 43 heavy (non-hydrogen) atoms. The molecule has 2 fully saturated rings. The Morgan fingerprint density at radius 2 is 1.56 bits per heavy atom. The van der Waals surface area contributed by atoms with Crippen molar-refractivity contribution in [2.75, 3.05) is 26.2 Å². The molecule has 1 aromatic carbocycles. The maximum Gasteiger partial charge on any atom is 0.417 e. The second-order valence-corrected chi connectivity index (χ2v) is 12.4. The van der Waals surface area contributed by atoms with Gasteiger partial charge in [0.1, 0.15) is 0 Å². The average Bonchev–Trinajstić information content (AvgIpc) is 3.34. The van der Waals surface area contributed by atoms with E-state index < -0.39 is 75.3 Å². The maximum absolute atomic E-state index is 14.2. The van der Waals surface area contributed by atoms with Crippen LogP contribution in [0.1, 0.15) is 54.1 Å². The number of piperazine rings is 1. The molecule has 242 valence electrons. The molecule has 2 aromatic rings. The van der Waals surface area contributed by atoms with E-state index in [4.69, 9.17) is 0 Å². The number of aromatic nitrogens is 3. The normalized spacial score (nSPS) is 20.7. The van der Waals surface area contributed by atoms with Gasteiger partial charge in [0.15, 0.2) is 0 Å². The van der Waals surface area contributed by atoms with E-state index in [0.717, 1.165) is 4.31 Å². The molecular weight excluding hydrogens is 640 g/mol. The maximum atomic E-state index is 14.2. The number of amides is 1. The number of hydrogen-bond acceptors (Lipinski definition) is 6. The largest absolute Gasteiger partial charge is 0.417 e. The molecule has 19 heteroatoms. The van der Waals surface area contributed by atoms with Crippen LogP contribution in [0.25, 0.3) is 0 Å². The fourth-order valence-electron chi connectivity index (χ4n) is 5.58. The van der Waals surface area contributed by atoms with E-state index in [0.29, 0.717) is 12.1 Å². The molecule has 2 heterocycles. The Balaban J connectivity index is 0.00000506. The summed E-state index contributed by atoms with van der Waals surface area (Å²) in [4.78, 5) is 14.8. The van der Waals surface area contributed by atoms with Crippen LogP contribution < -0.4 is 5.32 Å². The predicted molar refractivity (Wildman–Crippen MR) is 138 cm³/mol. The minimum atomic E-state index is -5.29. The number of hydrogen-bond donors (Lipinski definition) is 1. The minimum Gasteiger partial charge on any atom is -0.348 e. The molecule has 2 aliphatic rings. The third kappa shape index (κ3) is 7.23. The highest BCUT2D eigenvalue weighted by molar-refractivity contribution is 7.89. The topological polar surface area (TPSA) is 100 Å². The molecule has 1 aliphatic heterocycles. The van der Waals surface area contributed by atoms with E-state index >= 15 is 0 Å². The van der Waals surface area contributed by atoms with Crippen LogP contribution in [0.15, 0.2) is 29.4 Å². The zero-order chi connectivity index (χ0) is 31.3. The second-order valence-electron chi connectivity index (χ2n) is 10.5. The van der Waals surface area contributed by atoms with Gasteiger partial charge in [0, 0.05) is 57.6 Å². The zero-order valence-electron chi connectivity index (χ0n) is 22.8. The van der Waals surface area contributed by atoms with Crippen molar-refractivity contribution in [1.82, 2.24) is 29.5 Å². The summed E-state index contributed by atoms with van der Waals surface area (Å²) in [5.41, 5.74) is -5.60. The Morgan fingerprint density at radius 3 is 2.05 bits per heavy atom. The van der Waals surface area contributed by atoms with Gasteiger partial charge in [0.25, 0.3) is 15.9 Å². The third-order valence-electron chi connectivity index (χ3n) is 7.95. The van der Waals surface area contributed by atoms with Crippen molar-refractivity contribution in [3.8, 4) is 0 Å². The van der Waals surface area contributed by atoms with Crippen molar-refractivity contribution in [2.45, 2.75) is 67.5 Å². The lowest BCUT2D eigenvalue weighted by Gasteiger charge is -2.53. The van der Waals surface area contributed by atoms with Crippen molar-refractivity contribution in [3.63, 3.8) is 0 Å². The summed E-state index contributed by atoms with van der Waals surface area (Å²) < 4.78 is 137. The van der Waals surface area contributed by atoms with Gasteiger partial charge in [-0.05, 0) is 38.0 Å². The Kier molecular flexibility index (Phi) is 9.81. The molecule has 1 atom stereocenters. The fourth-order valence-corrected chi connectivity index (χ4v) is 6.92. The molecule has 1 saturated carbocycles. The molecule has 0 radical (unpaired) electrons. The summed E-state index contributed by atoms with van der Waals surface area (Å²) in [5.74, 6) is -4.33. The highest BCUT2D eigenvalue weighted by Gasteiger charge is 2.51. The van der Waals surface area contributed by atoms with E-state index in [9.17, 15) is 48.3 Å². The van der Waals surface area contributed by atoms with Crippen LogP contribution in [0.5, 0.6) is 0 Å². The number of benzene rings is 1. The smallest absolute Gasteiger partial charge is 0.348 e. The summed E-state index contributed by atoms with van der Waals surface area (Å²) in [5, 5.41) is 9.39. The molecule has 9 nitrogen and oxygen atoms in total. The molecule has 1 aliphatic carbocycles. The van der Waals surface area contributed by atoms with Gasteiger partial charge in [-0.25, -0.2) is 17.2 Å². The molecule has 1 unspecified atom stereocenters. The fraction of sp³-hybridized carbons (Fsp3) is 0.625. The molecule has 1 aromatic heterocycles. The minimum absolute atomic E-state index is 0. The predicted octanol–water partition coefficient (Wildman–Crippen LogP) is 4.35. The van der Waals surface area contributed by atoms with E-state index in [2.05, 4.69) is 15.6 Å². The lowest BCUT2D eigenvalue weighted by atomic mass is 9.73. The summed E-state index contributed by atoms with van der Waals surface area (Å²) >= 11 is 0. The van der Waals surface area contributed by atoms with Crippen LogP contribution in [0.3, 0.4) is 0 Å². The highest BCUT2D eigenvalue weighted by atomic mass is 35.5. The molecule has 0 bridgehead atoms. The Labute approximate surface area is 248 Å². The van der Waals surface area contributed by atoms with Crippen LogP contribution in [0.2, 0.25) is 0 Å². The van der Waals surface area contributed by atoms with Gasteiger partial charge in [-0.1, -0.05) is 5.21 Å². The van der Waals surface area contributed by atoms with Gasteiger partial charge < -0.3 is 5.32 Å². The molecular formula is C24H29ClF8N6O3S. The zero-order valence-corrected chi connectivity index (χ0v) is 24.5. The van der Waals surface area contributed by atoms with E-state index in [-0.39, 0.29) is 62.5 Å². The van der Waals surface area contributed by atoms with Crippen LogP contribution >= 0.6 is 12.4 Å². The number of nitrogens with zero attached hydrogens (tertiary/aromatic N) is 5. The first-order valence-corrected chi connectivity index (χ1v) is 14.3. The Hall–Kier alpha value is -2.57. The summed E-state index contributed by atoms with van der Waals surface area (Å²) in [6.45, 7) is 1.42. The summed E-state index contributed by atoms with van der Waals surface area (Å²) in [6, 6.07) is -0.381. The van der Waals surface area contributed by atoms with Crippen molar-refractivity contribution in [2.24, 2.45) is 7.05 Å². The number of halogens is 9. The number of aryl methyl sites for hydroxylation is 1. The van der Waals surface area contributed by atoms with Crippen LogP contribution in [-0.2, 0) is 29.4 Å². The van der Waals surface area contributed by atoms with Crippen molar-refractivity contribution in [3.05, 3.63) is 41.1 Å². The SMILES string of the molecule is CC(NC(=O)c1ccc(C(F)(F)F)cc1C(F)(F)F)C1(N2CCN(S(=O)(=O)c3cn(C)nn3)CC2)CCC(F)(F)CC1.Cl. The van der Waals surface area contributed by atoms with Crippen molar-refractivity contribution in [1.29, 1.82) is 0 Å². The third-order valence-corrected chi connectivity index (χ3v) is 9.71. The monoisotopic (exact) mass is 668 g/mol. The van der Waals surface area contributed by atoms with E-state index in [1.165, 1.54) is 24.9 Å². The molecule has 1 amide bonds. The molecule has 1 N–H and O–H groups in total. The number of carbonyl (C=O) groups is 1. The van der Waals surface area contributed by atoms with Crippen LogP contribution in [-0.4, -0.2) is 82.2 Å². The van der Waals surface area contributed by atoms with E-state index in [1.54, 1.807) is 4.90 Å². The van der Waals surface area contributed by atoms with Crippen LogP contribution in [0.4, 0.5) is 35.1 Å². The quantitative estimate of drug-likeness (QED) is 0.460. The molecule has 4 rings (SSSR count). The van der Waals surface area contributed by atoms with Crippen molar-refractivity contribution < 1.29 is 48.3 Å². The van der Waals surface area contributed by atoms with Gasteiger partial charge in [-0.3, -0.25) is 14.4 Å². The second kappa shape index (κ2) is 12.1. The van der Waals surface area contributed by atoms with E-state index in [1.807, 2.05) is 0 Å². The Bertz CT molecular complexity index is 1410. The van der Waals surface area contributed by atoms with Crippen LogP contribution in [0, 0.1) is 0 Å². The first-order chi connectivity index (χ1) is 19.3. The lowest BCUT2D eigenvalue weighted by Crippen LogP contribution is -2.67. The number of alkyl halides is 8. The first-order valence-electron chi connectivity index (χ1n) is 12.8. The van der Waals surface area contributed by atoms with Gasteiger partial charge in [0.2, 0.25) is 10.9 Å².